The number of carbonyl (C=O) groups excluding carboxylic acids is 2. The van der Waals surface area contributed by atoms with Crippen LogP contribution in [0.25, 0.3) is 17.2 Å². The molecule has 1 heterocycles. The summed E-state index contributed by atoms with van der Waals surface area (Å²) >= 11 is 0. The third-order valence-corrected chi connectivity index (χ3v) is 6.20. The average molecular weight is 518 g/mol. The number of halogens is 3. The minimum Gasteiger partial charge on any atom is -0.457 e. The van der Waals surface area contributed by atoms with Gasteiger partial charge >= 0.3 is 12.3 Å². The van der Waals surface area contributed by atoms with Crippen molar-refractivity contribution in [1.82, 2.24) is 0 Å². The van der Waals surface area contributed by atoms with Crippen LogP contribution in [0.5, 0.6) is 5.75 Å². The van der Waals surface area contributed by atoms with Gasteiger partial charge < -0.3 is 14.4 Å². The Morgan fingerprint density at radius 1 is 1.11 bits per heavy atom. The third-order valence-electron chi connectivity index (χ3n) is 6.20. The maximum Gasteiger partial charge on any atom is 0.573 e. The molecule has 8 heteroatoms. The highest BCUT2D eigenvalue weighted by Gasteiger charge is 2.37. The Labute approximate surface area is 216 Å². The molecule has 37 heavy (non-hydrogen) atoms. The maximum atomic E-state index is 13.3. The van der Waals surface area contributed by atoms with Crippen LogP contribution in [-0.2, 0) is 19.7 Å². The van der Waals surface area contributed by atoms with Crippen LogP contribution in [0.15, 0.2) is 35.9 Å². The first-order valence-electron chi connectivity index (χ1n) is 12.2. The van der Waals surface area contributed by atoms with Crippen molar-refractivity contribution in [2.24, 2.45) is 0 Å². The van der Waals surface area contributed by atoms with Crippen molar-refractivity contribution < 1.29 is 32.2 Å². The Bertz CT molecular complexity index is 1250. The van der Waals surface area contributed by atoms with Gasteiger partial charge in [0.1, 0.15) is 11.4 Å². The van der Waals surface area contributed by atoms with Crippen LogP contribution in [0.1, 0.15) is 71.6 Å². The summed E-state index contributed by atoms with van der Waals surface area (Å²) in [4.78, 5) is 26.9. The number of ether oxygens (including phenoxy) is 2. The molecule has 5 nitrogen and oxygen atoms in total. The van der Waals surface area contributed by atoms with Crippen LogP contribution in [-0.4, -0.2) is 30.4 Å². The lowest BCUT2D eigenvalue weighted by molar-refractivity contribution is -0.274. The molecule has 0 aliphatic carbocycles. The number of esters is 1. The molecule has 2 aromatic rings. The lowest BCUT2D eigenvalue weighted by atomic mass is 9.75. The van der Waals surface area contributed by atoms with Crippen LogP contribution < -0.4 is 9.64 Å². The largest absolute Gasteiger partial charge is 0.573 e. The van der Waals surface area contributed by atoms with E-state index in [1.165, 1.54) is 12.1 Å². The van der Waals surface area contributed by atoms with E-state index in [1.54, 1.807) is 50.8 Å². The average Bonchev–Trinajstić information content (AvgIpc) is 2.72. The lowest BCUT2D eigenvalue weighted by Crippen LogP contribution is -2.41. The number of aryl methyl sites for hydroxylation is 1. The summed E-state index contributed by atoms with van der Waals surface area (Å²) in [6.45, 7) is 14.9. The van der Waals surface area contributed by atoms with E-state index >= 15 is 0 Å². The summed E-state index contributed by atoms with van der Waals surface area (Å²) in [6, 6.07) is 7.95. The van der Waals surface area contributed by atoms with Crippen molar-refractivity contribution in [3.8, 4) is 16.9 Å². The zero-order chi connectivity index (χ0) is 27.9. The molecule has 1 aliphatic rings. The van der Waals surface area contributed by atoms with Crippen molar-refractivity contribution in [1.29, 1.82) is 0 Å². The minimum atomic E-state index is -4.89. The molecule has 3 rings (SSSR count). The van der Waals surface area contributed by atoms with Gasteiger partial charge in [-0.1, -0.05) is 26.0 Å². The summed E-state index contributed by atoms with van der Waals surface area (Å²) in [5.74, 6) is -0.924. The monoisotopic (exact) mass is 517 g/mol. The van der Waals surface area contributed by atoms with Crippen LogP contribution in [0.2, 0.25) is 0 Å². The molecule has 0 bridgehead atoms. The molecule has 0 unspecified atom stereocenters. The highest BCUT2D eigenvalue weighted by Crippen LogP contribution is 2.45. The summed E-state index contributed by atoms with van der Waals surface area (Å²) in [6.07, 6.45) is -2.99. The van der Waals surface area contributed by atoms with Gasteiger partial charge in [-0.05, 0) is 88.1 Å². The van der Waals surface area contributed by atoms with E-state index in [1.807, 2.05) is 33.8 Å². The topological polar surface area (TPSA) is 55.8 Å². The number of rotatable bonds is 5. The number of hydrogen-bond donors (Lipinski definition) is 0. The Morgan fingerprint density at radius 2 is 1.76 bits per heavy atom. The van der Waals surface area contributed by atoms with Gasteiger partial charge in [-0.25, -0.2) is 4.79 Å². The number of nitrogens with zero attached hydrogens (tertiary/aromatic N) is 1. The summed E-state index contributed by atoms with van der Waals surface area (Å²) in [5.41, 5.74) is 2.81. The van der Waals surface area contributed by atoms with Crippen molar-refractivity contribution in [2.75, 3.05) is 11.4 Å². The number of amides is 1. The molecule has 200 valence electrons. The summed E-state index contributed by atoms with van der Waals surface area (Å²) in [5, 5.41) is 0. The molecule has 0 saturated carbocycles. The van der Waals surface area contributed by atoms with Crippen molar-refractivity contribution in [2.45, 2.75) is 79.2 Å². The second-order valence-corrected chi connectivity index (χ2v) is 11.0. The first-order valence-corrected chi connectivity index (χ1v) is 12.2. The fourth-order valence-electron chi connectivity index (χ4n) is 4.53. The van der Waals surface area contributed by atoms with E-state index < -0.39 is 23.3 Å². The molecule has 0 saturated heterocycles. The number of carbonyl (C=O) groups is 2. The molecule has 0 fully saturated rings. The molecular weight excluding hydrogens is 483 g/mol. The van der Waals surface area contributed by atoms with Crippen molar-refractivity contribution >= 4 is 23.6 Å². The first kappa shape index (κ1) is 28.3. The fraction of sp³-hybridized carbons (Fsp3) is 0.448. The van der Waals surface area contributed by atoms with Crippen LogP contribution in [0.3, 0.4) is 0 Å². The highest BCUT2D eigenvalue weighted by molar-refractivity contribution is 5.99. The molecule has 0 N–H and O–H groups in total. The summed E-state index contributed by atoms with van der Waals surface area (Å²) < 4.78 is 49.7. The Morgan fingerprint density at radius 3 is 2.32 bits per heavy atom. The molecule has 0 atom stereocenters. The number of benzene rings is 2. The zero-order valence-electron chi connectivity index (χ0n) is 22.6. The smallest absolute Gasteiger partial charge is 0.457 e. The van der Waals surface area contributed by atoms with Gasteiger partial charge in [0.25, 0.3) is 0 Å². The van der Waals surface area contributed by atoms with Gasteiger partial charge in [0, 0.05) is 35.2 Å². The van der Waals surface area contributed by atoms with E-state index in [4.69, 9.17) is 4.74 Å². The van der Waals surface area contributed by atoms with Gasteiger partial charge in [0.15, 0.2) is 0 Å². The van der Waals surface area contributed by atoms with E-state index in [-0.39, 0.29) is 17.2 Å². The lowest BCUT2D eigenvalue weighted by Gasteiger charge is -2.39. The Kier molecular flexibility index (Phi) is 7.55. The molecule has 1 amide bonds. The third kappa shape index (κ3) is 6.53. The van der Waals surface area contributed by atoms with Gasteiger partial charge in [0.05, 0.1) is 0 Å². The number of hydrogen-bond acceptors (Lipinski definition) is 4. The standard InChI is InChI=1S/C29H34F3NO4/c1-9-33-23-15-20(17(2)13-22(23)28(7,8)16-25(33)34)21-14-19(10-11-24(21)36-29(30,31)32)12-18(3)26(35)37-27(4,5)6/h10-15H,9,16H2,1-8H3. The molecule has 0 aromatic heterocycles. The Balaban J connectivity index is 2.20. The first-order chi connectivity index (χ1) is 16.9. The van der Waals surface area contributed by atoms with E-state index in [2.05, 4.69) is 4.74 Å². The Hall–Kier alpha value is -3.29. The van der Waals surface area contributed by atoms with Gasteiger partial charge in [-0.2, -0.15) is 0 Å². The molecule has 0 spiro atoms. The van der Waals surface area contributed by atoms with E-state index in [0.29, 0.717) is 35.4 Å². The SMILES string of the molecule is CCN1C(=O)CC(C)(C)c2cc(C)c(-c3cc(C=C(C)C(=O)OC(C)(C)C)ccc3OC(F)(F)F)cc21. The zero-order valence-corrected chi connectivity index (χ0v) is 22.6. The second kappa shape index (κ2) is 9.88. The molecular formula is C29H34F3NO4. The van der Waals surface area contributed by atoms with Gasteiger partial charge in [-0.3, -0.25) is 4.79 Å². The summed E-state index contributed by atoms with van der Waals surface area (Å²) in [7, 11) is 0. The van der Waals surface area contributed by atoms with E-state index in [0.717, 1.165) is 11.1 Å². The molecule has 0 radical (unpaired) electrons. The second-order valence-electron chi connectivity index (χ2n) is 11.0. The predicted octanol–water partition coefficient (Wildman–Crippen LogP) is 7.34. The normalized spacial score (nSPS) is 15.9. The van der Waals surface area contributed by atoms with Crippen LogP contribution >= 0.6 is 0 Å². The number of alkyl halides is 3. The van der Waals surface area contributed by atoms with Crippen LogP contribution in [0.4, 0.5) is 18.9 Å². The van der Waals surface area contributed by atoms with E-state index in [9.17, 15) is 22.8 Å². The number of anilines is 1. The fourth-order valence-corrected chi connectivity index (χ4v) is 4.53. The van der Waals surface area contributed by atoms with Crippen molar-refractivity contribution in [3.63, 3.8) is 0 Å². The number of fused-ring (bicyclic) bond motifs is 1. The van der Waals surface area contributed by atoms with Crippen LogP contribution in [0, 0.1) is 6.92 Å². The molecule has 1 aliphatic heterocycles. The quantitative estimate of drug-likeness (QED) is 0.308. The van der Waals surface area contributed by atoms with Gasteiger partial charge in [-0.15, -0.1) is 13.2 Å². The molecule has 2 aromatic carbocycles. The minimum absolute atomic E-state index is 0.0359. The van der Waals surface area contributed by atoms with Crippen molar-refractivity contribution in [3.05, 3.63) is 52.6 Å². The predicted molar refractivity (Wildman–Crippen MR) is 138 cm³/mol. The highest BCUT2D eigenvalue weighted by atomic mass is 19.4. The van der Waals surface area contributed by atoms with Gasteiger partial charge in [0.2, 0.25) is 5.91 Å². The maximum absolute atomic E-state index is 13.3.